The maximum atomic E-state index is 11.7. The summed E-state index contributed by atoms with van der Waals surface area (Å²) in [6.45, 7) is 0. The molecule has 0 saturated carbocycles. The normalized spacial score (nSPS) is 12.2. The first-order chi connectivity index (χ1) is 11.7. The number of aryl methyl sites for hydroxylation is 1. The molecule has 2 aromatic rings. The topological polar surface area (TPSA) is 77.8 Å². The Balaban J connectivity index is 2.13. The smallest absolute Gasteiger partial charge is 0.306 e. The van der Waals surface area contributed by atoms with Crippen LogP contribution in [0.3, 0.4) is 0 Å². The molecule has 2 aromatic carbocycles. The second-order valence-corrected chi connectivity index (χ2v) is 10.2. The number of aromatic hydroxyl groups is 2. The average Bonchev–Trinajstić information content (AvgIpc) is 2.53. The van der Waals surface area contributed by atoms with Gasteiger partial charge in [0.15, 0.2) is 0 Å². The summed E-state index contributed by atoms with van der Waals surface area (Å²) >= 11 is 8.26. The molecule has 0 radical (unpaired) electrons. The van der Waals surface area contributed by atoms with E-state index in [4.69, 9.17) is 0 Å². The van der Waals surface area contributed by atoms with Gasteiger partial charge in [-0.2, -0.15) is 0 Å². The van der Waals surface area contributed by atoms with Crippen LogP contribution in [0, 0.1) is 20.2 Å². The van der Waals surface area contributed by atoms with Crippen molar-refractivity contribution in [2.24, 2.45) is 5.92 Å². The van der Waals surface area contributed by atoms with Gasteiger partial charge in [-0.1, -0.05) is 0 Å². The Morgan fingerprint density at radius 1 is 0.840 bits per heavy atom. The SMILES string of the molecule is O=C(O)C(CCc1cc(I)c(O)c(I)c1)Cc1cc(I)c(O)c(I)c1. The summed E-state index contributed by atoms with van der Waals surface area (Å²) in [6.07, 6.45) is 1.57. The van der Waals surface area contributed by atoms with Crippen LogP contribution in [0.25, 0.3) is 0 Å². The lowest BCUT2D eigenvalue weighted by atomic mass is 9.93. The van der Waals surface area contributed by atoms with Crippen molar-refractivity contribution in [1.82, 2.24) is 0 Å². The lowest BCUT2D eigenvalue weighted by molar-refractivity contribution is -0.141. The fraction of sp³-hybridized carbons (Fsp3) is 0.235. The van der Waals surface area contributed by atoms with Crippen molar-refractivity contribution < 1.29 is 20.1 Å². The molecular formula is C17H14I4O4. The lowest BCUT2D eigenvalue weighted by Gasteiger charge is -2.14. The predicted octanol–water partition coefficient (Wildman–Crippen LogP) is 5.39. The van der Waals surface area contributed by atoms with Gasteiger partial charge in [-0.15, -0.1) is 0 Å². The van der Waals surface area contributed by atoms with Crippen molar-refractivity contribution in [3.63, 3.8) is 0 Å². The van der Waals surface area contributed by atoms with E-state index in [0.29, 0.717) is 19.3 Å². The van der Waals surface area contributed by atoms with Gasteiger partial charge in [-0.05, 0) is 145 Å². The molecule has 134 valence electrons. The monoisotopic (exact) mass is 790 g/mol. The summed E-state index contributed by atoms with van der Waals surface area (Å²) in [4.78, 5) is 11.7. The number of hydrogen-bond acceptors (Lipinski definition) is 3. The van der Waals surface area contributed by atoms with Gasteiger partial charge in [0.1, 0.15) is 11.5 Å². The Morgan fingerprint density at radius 3 is 1.64 bits per heavy atom. The number of aliphatic carboxylic acids is 1. The van der Waals surface area contributed by atoms with Gasteiger partial charge in [0.25, 0.3) is 0 Å². The van der Waals surface area contributed by atoms with E-state index >= 15 is 0 Å². The second kappa shape index (κ2) is 9.57. The summed E-state index contributed by atoms with van der Waals surface area (Å²) < 4.78 is 3.00. The number of hydrogen-bond donors (Lipinski definition) is 3. The zero-order chi connectivity index (χ0) is 18.7. The van der Waals surface area contributed by atoms with Gasteiger partial charge in [0.05, 0.1) is 20.2 Å². The van der Waals surface area contributed by atoms with Crippen molar-refractivity contribution in [3.8, 4) is 11.5 Å². The van der Waals surface area contributed by atoms with Gasteiger partial charge in [0.2, 0.25) is 0 Å². The zero-order valence-corrected chi connectivity index (χ0v) is 21.4. The number of carboxylic acids is 1. The summed E-state index contributed by atoms with van der Waals surface area (Å²) in [5, 5.41) is 29.2. The first-order valence-electron chi connectivity index (χ1n) is 7.25. The largest absolute Gasteiger partial charge is 0.506 e. The quantitative estimate of drug-likeness (QED) is 0.344. The fourth-order valence-corrected chi connectivity index (χ4v) is 6.23. The minimum absolute atomic E-state index is 0.241. The van der Waals surface area contributed by atoms with Crippen molar-refractivity contribution in [3.05, 3.63) is 49.7 Å². The number of halogens is 4. The molecule has 0 amide bonds. The van der Waals surface area contributed by atoms with Crippen molar-refractivity contribution >= 4 is 96.3 Å². The number of benzene rings is 2. The van der Waals surface area contributed by atoms with E-state index in [1.165, 1.54) is 0 Å². The summed E-state index contributed by atoms with van der Waals surface area (Å²) in [7, 11) is 0. The third kappa shape index (κ3) is 5.96. The first-order valence-corrected chi connectivity index (χ1v) is 11.6. The van der Waals surface area contributed by atoms with Gasteiger partial charge in [-0.25, -0.2) is 0 Å². The van der Waals surface area contributed by atoms with Crippen LogP contribution >= 0.6 is 90.4 Å². The molecule has 0 bridgehead atoms. The minimum Gasteiger partial charge on any atom is -0.506 e. The van der Waals surface area contributed by atoms with Gasteiger partial charge in [0, 0.05) is 0 Å². The number of phenols is 2. The summed E-state index contributed by atoms with van der Waals surface area (Å²) in [5.74, 6) is -0.806. The molecule has 3 N–H and O–H groups in total. The van der Waals surface area contributed by atoms with Crippen LogP contribution < -0.4 is 0 Å². The van der Waals surface area contributed by atoms with E-state index in [9.17, 15) is 20.1 Å². The van der Waals surface area contributed by atoms with Crippen LogP contribution in [0.15, 0.2) is 24.3 Å². The Hall–Kier alpha value is 0.430. The molecule has 0 aliphatic rings. The Labute approximate surface area is 200 Å². The Bertz CT molecular complexity index is 761. The highest BCUT2D eigenvalue weighted by Gasteiger charge is 2.20. The molecule has 0 aliphatic carbocycles. The molecule has 4 nitrogen and oxygen atoms in total. The van der Waals surface area contributed by atoms with E-state index in [-0.39, 0.29) is 11.5 Å². The highest BCUT2D eigenvalue weighted by atomic mass is 127. The molecule has 1 unspecified atom stereocenters. The molecule has 2 rings (SSSR count). The highest BCUT2D eigenvalue weighted by Crippen LogP contribution is 2.30. The van der Waals surface area contributed by atoms with Gasteiger partial charge in [-0.3, -0.25) is 4.79 Å². The molecule has 25 heavy (non-hydrogen) atoms. The molecule has 8 heteroatoms. The minimum atomic E-state index is -0.818. The first kappa shape index (κ1) is 21.7. The van der Waals surface area contributed by atoms with Crippen LogP contribution in [0.4, 0.5) is 0 Å². The fourth-order valence-electron chi connectivity index (χ4n) is 2.44. The average molecular weight is 790 g/mol. The maximum absolute atomic E-state index is 11.7. The van der Waals surface area contributed by atoms with Crippen molar-refractivity contribution in [2.75, 3.05) is 0 Å². The molecule has 0 aliphatic heterocycles. The van der Waals surface area contributed by atoms with Crippen LogP contribution in [0.2, 0.25) is 0 Å². The molecule has 0 saturated heterocycles. The van der Waals surface area contributed by atoms with E-state index < -0.39 is 11.9 Å². The zero-order valence-electron chi connectivity index (χ0n) is 12.8. The van der Waals surface area contributed by atoms with Crippen LogP contribution in [-0.4, -0.2) is 21.3 Å². The molecule has 0 aromatic heterocycles. The maximum Gasteiger partial charge on any atom is 0.306 e. The molecule has 1 atom stereocenters. The molecule has 0 fully saturated rings. The summed E-state index contributed by atoms with van der Waals surface area (Å²) in [6, 6.07) is 7.45. The van der Waals surface area contributed by atoms with E-state index in [1.54, 1.807) is 0 Å². The third-order valence-electron chi connectivity index (χ3n) is 3.77. The van der Waals surface area contributed by atoms with Gasteiger partial charge < -0.3 is 15.3 Å². The van der Waals surface area contributed by atoms with E-state index in [2.05, 4.69) is 90.4 Å². The number of carboxylic acid groups (broad SMARTS) is 1. The molecule has 0 spiro atoms. The molecular weight excluding hydrogens is 776 g/mol. The Kier molecular flexibility index (Phi) is 8.32. The number of carbonyl (C=O) groups is 1. The van der Waals surface area contributed by atoms with Crippen LogP contribution in [0.1, 0.15) is 17.5 Å². The van der Waals surface area contributed by atoms with Gasteiger partial charge >= 0.3 is 5.97 Å². The second-order valence-electron chi connectivity index (χ2n) is 5.59. The number of rotatable bonds is 6. The van der Waals surface area contributed by atoms with Crippen LogP contribution in [0.5, 0.6) is 11.5 Å². The van der Waals surface area contributed by atoms with Crippen LogP contribution in [-0.2, 0) is 17.6 Å². The lowest BCUT2D eigenvalue weighted by Crippen LogP contribution is -2.17. The van der Waals surface area contributed by atoms with Crippen molar-refractivity contribution in [1.29, 1.82) is 0 Å². The van der Waals surface area contributed by atoms with E-state index in [0.717, 1.165) is 25.4 Å². The van der Waals surface area contributed by atoms with E-state index in [1.807, 2.05) is 24.3 Å². The predicted molar refractivity (Wildman–Crippen MR) is 130 cm³/mol. The van der Waals surface area contributed by atoms with Crippen molar-refractivity contribution in [2.45, 2.75) is 19.3 Å². The number of phenolic OH excluding ortho intramolecular Hbond substituents is 2. The standard InChI is InChI=1S/C17H14I4O4/c18-11-4-8(5-12(19)15(11)22)1-2-10(17(24)25)3-9-6-13(20)16(23)14(21)7-9/h4-7,10,22-23H,1-3H2,(H,24,25). The molecule has 0 heterocycles. The third-order valence-corrected chi connectivity index (χ3v) is 7.06. The highest BCUT2D eigenvalue weighted by molar-refractivity contribution is 14.1. The summed E-state index contributed by atoms with van der Waals surface area (Å²) in [5.41, 5.74) is 1.93. The Morgan fingerprint density at radius 2 is 1.24 bits per heavy atom.